The van der Waals surface area contributed by atoms with Crippen LogP contribution in [-0.2, 0) is 12.8 Å². The lowest BCUT2D eigenvalue weighted by atomic mass is 10.1. The van der Waals surface area contributed by atoms with Crippen molar-refractivity contribution in [2.24, 2.45) is 0 Å². The summed E-state index contributed by atoms with van der Waals surface area (Å²) in [5.74, 6) is 2.10. The van der Waals surface area contributed by atoms with Gasteiger partial charge in [-0.3, -0.25) is 0 Å². The molecule has 2 aliphatic heterocycles. The average Bonchev–Trinajstić information content (AvgIpc) is 2.80. The molecule has 3 heterocycles. The van der Waals surface area contributed by atoms with Crippen LogP contribution in [0.3, 0.4) is 0 Å². The van der Waals surface area contributed by atoms with Gasteiger partial charge in [-0.15, -0.1) is 0 Å². The summed E-state index contributed by atoms with van der Waals surface area (Å²) in [6.07, 6.45) is 12.6. The summed E-state index contributed by atoms with van der Waals surface area (Å²) in [4.78, 5) is 12.4. The lowest BCUT2D eigenvalue weighted by Gasteiger charge is -2.25. The molecule has 132 valence electrons. The maximum Gasteiger partial charge on any atom is 0.225 e. The summed E-state index contributed by atoms with van der Waals surface area (Å²) in [6, 6.07) is 0.462. The lowest BCUT2D eigenvalue weighted by molar-refractivity contribution is 0.629. The molecule has 0 spiro atoms. The average molecular weight is 329 g/mol. The third-order valence-corrected chi connectivity index (χ3v) is 5.70. The predicted molar refractivity (Wildman–Crippen MR) is 98.9 cm³/mol. The van der Waals surface area contributed by atoms with E-state index in [1.165, 1.54) is 68.4 Å². The van der Waals surface area contributed by atoms with Crippen molar-refractivity contribution in [2.45, 2.75) is 70.3 Å². The highest BCUT2D eigenvalue weighted by Gasteiger charge is 2.24. The van der Waals surface area contributed by atoms with E-state index in [1.807, 2.05) is 0 Å². The summed E-state index contributed by atoms with van der Waals surface area (Å²) in [5.41, 5.74) is 2.73. The molecule has 3 aliphatic rings. The van der Waals surface area contributed by atoms with E-state index in [-0.39, 0.29) is 0 Å². The SMILES string of the molecule is C1CCCN(c2nc(N[C@@H]3CCCCNC3)nc3c2CCC3)CC1. The second-order valence-corrected chi connectivity index (χ2v) is 7.59. The fourth-order valence-electron chi connectivity index (χ4n) is 4.35. The summed E-state index contributed by atoms with van der Waals surface area (Å²) < 4.78 is 0. The molecule has 0 saturated carbocycles. The minimum absolute atomic E-state index is 0.462. The quantitative estimate of drug-likeness (QED) is 0.893. The smallest absolute Gasteiger partial charge is 0.225 e. The number of nitrogens with zero attached hydrogens (tertiary/aromatic N) is 3. The van der Waals surface area contributed by atoms with Gasteiger partial charge in [0.1, 0.15) is 5.82 Å². The Morgan fingerprint density at radius 1 is 0.917 bits per heavy atom. The van der Waals surface area contributed by atoms with Crippen molar-refractivity contribution in [2.75, 3.05) is 36.4 Å². The second kappa shape index (κ2) is 7.68. The van der Waals surface area contributed by atoms with Gasteiger partial charge < -0.3 is 15.5 Å². The number of fused-ring (bicyclic) bond motifs is 1. The molecule has 1 aromatic heterocycles. The van der Waals surface area contributed by atoms with Crippen LogP contribution < -0.4 is 15.5 Å². The van der Waals surface area contributed by atoms with Crippen molar-refractivity contribution < 1.29 is 0 Å². The van der Waals surface area contributed by atoms with E-state index >= 15 is 0 Å². The Hall–Kier alpha value is -1.36. The number of hydrogen-bond donors (Lipinski definition) is 2. The maximum absolute atomic E-state index is 5.01. The molecule has 5 nitrogen and oxygen atoms in total. The van der Waals surface area contributed by atoms with Crippen molar-refractivity contribution in [3.05, 3.63) is 11.3 Å². The first-order valence-electron chi connectivity index (χ1n) is 10.0. The fraction of sp³-hybridized carbons (Fsp3) is 0.789. The zero-order chi connectivity index (χ0) is 16.2. The zero-order valence-electron chi connectivity index (χ0n) is 14.8. The normalized spacial score (nSPS) is 25.0. The van der Waals surface area contributed by atoms with Gasteiger partial charge in [0.2, 0.25) is 5.95 Å². The maximum atomic E-state index is 5.01. The van der Waals surface area contributed by atoms with Gasteiger partial charge in [-0.25, -0.2) is 4.98 Å². The first-order chi connectivity index (χ1) is 11.9. The predicted octanol–water partition coefficient (Wildman–Crippen LogP) is 2.90. The van der Waals surface area contributed by atoms with E-state index in [9.17, 15) is 0 Å². The van der Waals surface area contributed by atoms with Gasteiger partial charge in [0.25, 0.3) is 0 Å². The number of hydrogen-bond acceptors (Lipinski definition) is 5. The van der Waals surface area contributed by atoms with E-state index in [2.05, 4.69) is 15.5 Å². The first kappa shape index (κ1) is 16.1. The molecule has 0 aromatic carbocycles. The lowest BCUT2D eigenvalue weighted by Crippen LogP contribution is -2.32. The summed E-state index contributed by atoms with van der Waals surface area (Å²) >= 11 is 0. The monoisotopic (exact) mass is 329 g/mol. The molecular formula is C19H31N5. The molecular weight excluding hydrogens is 298 g/mol. The van der Waals surface area contributed by atoms with Crippen molar-refractivity contribution in [1.29, 1.82) is 0 Å². The van der Waals surface area contributed by atoms with Gasteiger partial charge in [0.05, 0.1) is 5.69 Å². The summed E-state index contributed by atoms with van der Waals surface area (Å²) in [6.45, 7) is 4.49. The van der Waals surface area contributed by atoms with Gasteiger partial charge in [0.15, 0.2) is 0 Å². The molecule has 0 unspecified atom stereocenters. The van der Waals surface area contributed by atoms with Crippen LogP contribution in [0.1, 0.15) is 62.6 Å². The molecule has 0 radical (unpaired) electrons. The molecule has 1 aromatic rings. The minimum Gasteiger partial charge on any atom is -0.356 e. The number of rotatable bonds is 3. The Morgan fingerprint density at radius 3 is 2.67 bits per heavy atom. The Bertz CT molecular complexity index is 543. The second-order valence-electron chi connectivity index (χ2n) is 7.59. The van der Waals surface area contributed by atoms with Gasteiger partial charge in [0, 0.05) is 31.2 Å². The van der Waals surface area contributed by atoms with Crippen molar-refractivity contribution >= 4 is 11.8 Å². The number of anilines is 2. The third-order valence-electron chi connectivity index (χ3n) is 5.70. The van der Waals surface area contributed by atoms with Crippen molar-refractivity contribution in [3.8, 4) is 0 Å². The fourth-order valence-corrected chi connectivity index (χ4v) is 4.35. The highest BCUT2D eigenvalue weighted by atomic mass is 15.2. The molecule has 2 saturated heterocycles. The molecule has 1 atom stereocenters. The molecule has 0 bridgehead atoms. The standard InChI is InChI=1S/C19H31N5/c1-2-6-13-24(12-5-1)18-16-9-7-10-17(16)22-19(23-18)21-15-8-3-4-11-20-14-15/h15,20H,1-14H2,(H,21,22,23)/t15-/m1/s1. The number of aromatic nitrogens is 2. The highest BCUT2D eigenvalue weighted by molar-refractivity contribution is 5.54. The van der Waals surface area contributed by atoms with Crippen LogP contribution in [0.5, 0.6) is 0 Å². The molecule has 24 heavy (non-hydrogen) atoms. The molecule has 4 rings (SSSR count). The Kier molecular flexibility index (Phi) is 5.16. The van der Waals surface area contributed by atoms with E-state index in [1.54, 1.807) is 0 Å². The third kappa shape index (κ3) is 3.66. The largest absolute Gasteiger partial charge is 0.356 e. The summed E-state index contributed by atoms with van der Waals surface area (Å²) in [5, 5.41) is 7.16. The van der Waals surface area contributed by atoms with E-state index in [4.69, 9.17) is 9.97 Å². The van der Waals surface area contributed by atoms with Crippen LogP contribution in [0.2, 0.25) is 0 Å². The topological polar surface area (TPSA) is 53.1 Å². The van der Waals surface area contributed by atoms with Gasteiger partial charge in [-0.2, -0.15) is 4.98 Å². The Balaban J connectivity index is 1.57. The number of aryl methyl sites for hydroxylation is 1. The molecule has 0 amide bonds. The molecule has 5 heteroatoms. The first-order valence-corrected chi connectivity index (χ1v) is 10.0. The van der Waals surface area contributed by atoms with Gasteiger partial charge >= 0.3 is 0 Å². The van der Waals surface area contributed by atoms with Gasteiger partial charge in [-0.05, 0) is 51.5 Å². The molecule has 2 N–H and O–H groups in total. The van der Waals surface area contributed by atoms with Crippen LogP contribution >= 0.6 is 0 Å². The van der Waals surface area contributed by atoms with Gasteiger partial charge in [-0.1, -0.05) is 19.3 Å². The van der Waals surface area contributed by atoms with Crippen LogP contribution in [0.25, 0.3) is 0 Å². The van der Waals surface area contributed by atoms with Crippen LogP contribution in [-0.4, -0.2) is 42.2 Å². The van der Waals surface area contributed by atoms with Crippen molar-refractivity contribution in [1.82, 2.24) is 15.3 Å². The zero-order valence-corrected chi connectivity index (χ0v) is 14.8. The van der Waals surface area contributed by atoms with Crippen LogP contribution in [0, 0.1) is 0 Å². The van der Waals surface area contributed by atoms with E-state index < -0.39 is 0 Å². The molecule has 1 aliphatic carbocycles. The molecule has 2 fully saturated rings. The highest BCUT2D eigenvalue weighted by Crippen LogP contribution is 2.31. The van der Waals surface area contributed by atoms with Crippen LogP contribution in [0.15, 0.2) is 0 Å². The Labute approximate surface area is 145 Å². The number of nitrogens with one attached hydrogen (secondary N) is 2. The minimum atomic E-state index is 0.462. The summed E-state index contributed by atoms with van der Waals surface area (Å²) in [7, 11) is 0. The van der Waals surface area contributed by atoms with Crippen LogP contribution in [0.4, 0.5) is 11.8 Å². The van der Waals surface area contributed by atoms with E-state index in [0.29, 0.717) is 6.04 Å². The van der Waals surface area contributed by atoms with E-state index in [0.717, 1.165) is 45.0 Å². The van der Waals surface area contributed by atoms with Crippen molar-refractivity contribution in [3.63, 3.8) is 0 Å². The Morgan fingerprint density at radius 2 is 1.79 bits per heavy atom.